The van der Waals surface area contributed by atoms with Gasteiger partial charge in [-0.05, 0) is 136 Å². The van der Waals surface area contributed by atoms with E-state index in [0.29, 0.717) is 0 Å². The number of para-hydroxylation sites is 1. The lowest BCUT2D eigenvalue weighted by molar-refractivity contribution is 1.29. The third kappa shape index (κ3) is 6.92. The van der Waals surface area contributed by atoms with Crippen LogP contribution in [0, 0.1) is 0 Å². The summed E-state index contributed by atoms with van der Waals surface area (Å²) in [5.41, 5.74) is 15.1. The van der Waals surface area contributed by atoms with Gasteiger partial charge in [0.15, 0.2) is 0 Å². The first-order valence-electron chi connectivity index (χ1n) is 22.4. The highest BCUT2D eigenvalue weighted by Crippen LogP contribution is 2.47. The second kappa shape index (κ2) is 16.3. The van der Waals surface area contributed by atoms with E-state index in [9.17, 15) is 0 Å². The number of benzene rings is 12. The van der Waals surface area contributed by atoms with Crippen molar-refractivity contribution in [3.05, 3.63) is 261 Å². The van der Waals surface area contributed by atoms with Gasteiger partial charge in [-0.25, -0.2) is 0 Å². The van der Waals surface area contributed by atoms with Crippen molar-refractivity contribution in [1.29, 1.82) is 0 Å². The van der Waals surface area contributed by atoms with Crippen molar-refractivity contribution in [3.63, 3.8) is 0 Å². The molecule has 0 atom stereocenters. The minimum Gasteiger partial charge on any atom is -0.310 e. The molecule has 12 aromatic rings. The fourth-order valence-corrected chi connectivity index (χ4v) is 9.97. The average molecular weight is 826 g/mol. The summed E-state index contributed by atoms with van der Waals surface area (Å²) < 4.78 is 0. The molecule has 0 aliphatic carbocycles. The zero-order valence-electron chi connectivity index (χ0n) is 35.8. The van der Waals surface area contributed by atoms with Gasteiger partial charge in [0.05, 0.1) is 5.69 Å². The maximum Gasteiger partial charge on any atom is 0.0540 e. The van der Waals surface area contributed by atoms with Crippen molar-refractivity contribution in [2.24, 2.45) is 0 Å². The average Bonchev–Trinajstić information content (AvgIpc) is 3.39. The van der Waals surface area contributed by atoms with E-state index in [4.69, 9.17) is 0 Å². The zero-order valence-corrected chi connectivity index (χ0v) is 35.8. The molecular formula is C64H43N. The second-order valence-electron chi connectivity index (χ2n) is 16.8. The predicted molar refractivity (Wildman–Crippen MR) is 278 cm³/mol. The van der Waals surface area contributed by atoms with Gasteiger partial charge in [-0.3, -0.25) is 0 Å². The number of rotatable bonds is 8. The number of nitrogens with zero attached hydrogens (tertiary/aromatic N) is 1. The topological polar surface area (TPSA) is 3.24 Å². The molecular weight excluding hydrogens is 783 g/mol. The van der Waals surface area contributed by atoms with Gasteiger partial charge in [0.1, 0.15) is 0 Å². The Bertz CT molecular complexity index is 3690. The molecule has 0 bridgehead atoms. The van der Waals surface area contributed by atoms with Crippen LogP contribution in [-0.2, 0) is 0 Å². The van der Waals surface area contributed by atoms with Crippen molar-refractivity contribution >= 4 is 60.2 Å². The number of fused-ring (bicyclic) bond motifs is 6. The van der Waals surface area contributed by atoms with E-state index in [1.165, 1.54) is 82.0 Å². The van der Waals surface area contributed by atoms with Gasteiger partial charge in [0, 0.05) is 16.9 Å². The van der Waals surface area contributed by atoms with E-state index in [1.807, 2.05) is 0 Å². The van der Waals surface area contributed by atoms with Crippen molar-refractivity contribution < 1.29 is 0 Å². The van der Waals surface area contributed by atoms with Gasteiger partial charge in [0.2, 0.25) is 0 Å². The number of hydrogen-bond donors (Lipinski definition) is 0. The maximum atomic E-state index is 2.45. The van der Waals surface area contributed by atoms with Crippen LogP contribution in [0.5, 0.6) is 0 Å². The highest BCUT2D eigenvalue weighted by Gasteiger charge is 2.21. The molecule has 0 radical (unpaired) electrons. The smallest absolute Gasteiger partial charge is 0.0540 e. The Morgan fingerprint density at radius 3 is 1.48 bits per heavy atom. The Hall–Kier alpha value is -8.52. The van der Waals surface area contributed by atoms with E-state index in [1.54, 1.807) is 0 Å². The van der Waals surface area contributed by atoms with Gasteiger partial charge in [0.25, 0.3) is 0 Å². The molecule has 0 spiro atoms. The Morgan fingerprint density at radius 1 is 0.215 bits per heavy atom. The minimum atomic E-state index is 1.08. The molecule has 0 aliphatic heterocycles. The molecule has 0 amide bonds. The van der Waals surface area contributed by atoms with Crippen LogP contribution >= 0.6 is 0 Å². The molecule has 1 heteroatoms. The molecule has 0 saturated heterocycles. The van der Waals surface area contributed by atoms with Crippen LogP contribution in [0.25, 0.3) is 98.7 Å². The summed E-state index contributed by atoms with van der Waals surface area (Å²) in [7, 11) is 0. The maximum absolute atomic E-state index is 2.45. The first kappa shape index (κ1) is 38.2. The highest BCUT2D eigenvalue weighted by molar-refractivity contribution is 6.24. The van der Waals surface area contributed by atoms with Crippen molar-refractivity contribution in [3.8, 4) is 55.6 Å². The molecule has 0 fully saturated rings. The molecule has 304 valence electrons. The van der Waals surface area contributed by atoms with Crippen molar-refractivity contribution in [1.82, 2.24) is 0 Å². The van der Waals surface area contributed by atoms with Crippen LogP contribution in [-0.4, -0.2) is 0 Å². The molecule has 0 saturated carbocycles. The standard InChI is InChI=1S/C64H43N/c1-4-19-44(20-5-1)55-37-36-49(41-61(55)62-42-51-27-12-15-33-58(51)64-57-32-14-10-25-47(57)35-38-59(62)64)48-28-18-29-52(39-48)65(63-34-17-16-31-56(63)45-21-6-2-7-22-45)53-40-50-26-11-13-30-54(50)60(43-53)46-23-8-3-9-24-46/h1-43H. The Labute approximate surface area is 379 Å². The summed E-state index contributed by atoms with van der Waals surface area (Å²) in [6.07, 6.45) is 0. The van der Waals surface area contributed by atoms with Gasteiger partial charge in [-0.15, -0.1) is 0 Å². The first-order chi connectivity index (χ1) is 32.2. The molecule has 12 rings (SSSR count). The Morgan fingerprint density at radius 2 is 0.754 bits per heavy atom. The lowest BCUT2D eigenvalue weighted by Crippen LogP contribution is -2.11. The van der Waals surface area contributed by atoms with E-state index in [0.717, 1.165) is 33.8 Å². The van der Waals surface area contributed by atoms with Gasteiger partial charge < -0.3 is 4.90 Å². The summed E-state index contributed by atoms with van der Waals surface area (Å²) in [6.45, 7) is 0. The van der Waals surface area contributed by atoms with Gasteiger partial charge >= 0.3 is 0 Å². The van der Waals surface area contributed by atoms with Crippen LogP contribution in [0.2, 0.25) is 0 Å². The highest BCUT2D eigenvalue weighted by atomic mass is 15.1. The molecule has 65 heavy (non-hydrogen) atoms. The molecule has 12 aromatic carbocycles. The van der Waals surface area contributed by atoms with Crippen LogP contribution in [0.15, 0.2) is 261 Å². The third-order valence-corrected chi connectivity index (χ3v) is 13.0. The fourth-order valence-electron chi connectivity index (χ4n) is 9.97. The van der Waals surface area contributed by atoms with Crippen LogP contribution < -0.4 is 4.90 Å². The van der Waals surface area contributed by atoms with Crippen LogP contribution in [0.1, 0.15) is 0 Å². The summed E-state index contributed by atoms with van der Waals surface area (Å²) >= 11 is 0. The van der Waals surface area contributed by atoms with E-state index in [-0.39, 0.29) is 0 Å². The van der Waals surface area contributed by atoms with Gasteiger partial charge in [-0.2, -0.15) is 0 Å². The lowest BCUT2D eigenvalue weighted by atomic mass is 9.86. The fraction of sp³-hybridized carbons (Fsp3) is 0. The quantitative estimate of drug-likeness (QED) is 0.138. The first-order valence-corrected chi connectivity index (χ1v) is 22.4. The molecule has 0 aromatic heterocycles. The summed E-state index contributed by atoms with van der Waals surface area (Å²) in [6, 6.07) is 95.4. The monoisotopic (exact) mass is 825 g/mol. The summed E-state index contributed by atoms with van der Waals surface area (Å²) in [4.78, 5) is 2.45. The number of anilines is 3. The van der Waals surface area contributed by atoms with Gasteiger partial charge in [-0.1, -0.05) is 218 Å². The summed E-state index contributed by atoms with van der Waals surface area (Å²) in [5, 5.41) is 9.99. The Balaban J connectivity index is 1.09. The summed E-state index contributed by atoms with van der Waals surface area (Å²) in [5.74, 6) is 0. The number of hydrogen-bond acceptors (Lipinski definition) is 1. The second-order valence-corrected chi connectivity index (χ2v) is 16.8. The lowest BCUT2D eigenvalue weighted by Gasteiger charge is -2.29. The SMILES string of the molecule is c1ccc(-c2ccc(-c3cccc(N(c4cc(-c5ccccc5)c5ccccc5c4)c4ccccc4-c4ccccc4)c3)cc2-c2cc3ccccc3c3c2ccc2ccccc23)cc1. The van der Waals surface area contributed by atoms with Crippen LogP contribution in [0.3, 0.4) is 0 Å². The van der Waals surface area contributed by atoms with Crippen LogP contribution in [0.4, 0.5) is 17.1 Å². The molecule has 1 nitrogen and oxygen atoms in total. The zero-order chi connectivity index (χ0) is 43.1. The Kier molecular flexibility index (Phi) is 9.58. The normalized spacial score (nSPS) is 11.4. The molecule has 0 unspecified atom stereocenters. The van der Waals surface area contributed by atoms with Crippen molar-refractivity contribution in [2.45, 2.75) is 0 Å². The predicted octanol–water partition coefficient (Wildman–Crippen LogP) is 18.1. The van der Waals surface area contributed by atoms with E-state index in [2.05, 4.69) is 266 Å². The molecule has 0 aliphatic rings. The largest absolute Gasteiger partial charge is 0.310 e. The van der Waals surface area contributed by atoms with Crippen molar-refractivity contribution in [2.75, 3.05) is 4.90 Å². The third-order valence-electron chi connectivity index (χ3n) is 13.0. The minimum absolute atomic E-state index is 1.08. The van der Waals surface area contributed by atoms with E-state index >= 15 is 0 Å². The van der Waals surface area contributed by atoms with E-state index < -0.39 is 0 Å². The molecule has 0 N–H and O–H groups in total. The molecule has 0 heterocycles.